The summed E-state index contributed by atoms with van der Waals surface area (Å²) in [4.78, 5) is 0. The molecule has 0 aliphatic carbocycles. The van der Waals surface area contributed by atoms with Crippen LogP contribution in [0.4, 0.5) is 5.69 Å². The van der Waals surface area contributed by atoms with E-state index < -0.39 is 37.3 Å². The summed E-state index contributed by atoms with van der Waals surface area (Å²) < 4.78 is 10.6. The summed E-state index contributed by atoms with van der Waals surface area (Å²) >= 11 is 0. The zero-order valence-electron chi connectivity index (χ0n) is 11.9. The minimum atomic E-state index is -1.40. The number of rotatable bonds is 4. The maximum absolute atomic E-state index is 9.95. The highest BCUT2D eigenvalue weighted by atomic mass is 16.6. The van der Waals surface area contributed by atoms with Gasteiger partial charge in [0, 0.05) is 11.8 Å². The molecule has 1 aromatic carbocycles. The van der Waals surface area contributed by atoms with Crippen LogP contribution in [0.25, 0.3) is 0 Å². The topological polar surface area (TPSA) is 111 Å². The Bertz CT molecular complexity index is 481. The molecule has 1 fully saturated rings. The smallest absolute Gasteiger partial charge is 0.157 e. The lowest BCUT2D eigenvalue weighted by molar-refractivity contribution is -0.221. The van der Waals surface area contributed by atoms with Gasteiger partial charge in [0.2, 0.25) is 0 Å². The Balaban J connectivity index is 2.14. The number of aliphatic hydroxyl groups is 4. The molecule has 1 aliphatic rings. The van der Waals surface area contributed by atoms with Gasteiger partial charge in [-0.3, -0.25) is 0 Å². The van der Waals surface area contributed by atoms with Gasteiger partial charge in [0.05, 0.1) is 13.7 Å². The third-order valence-corrected chi connectivity index (χ3v) is 3.61. The monoisotopic (exact) mass is 299 g/mol. The van der Waals surface area contributed by atoms with E-state index >= 15 is 0 Å². The molecule has 0 saturated carbocycles. The second-order valence-electron chi connectivity index (χ2n) is 5.08. The van der Waals surface area contributed by atoms with Crippen LogP contribution in [0.15, 0.2) is 18.2 Å². The van der Waals surface area contributed by atoms with Crippen molar-refractivity contribution in [1.29, 1.82) is 0 Å². The van der Waals surface area contributed by atoms with E-state index in [1.165, 1.54) is 0 Å². The molecule has 21 heavy (non-hydrogen) atoms. The number of hydrogen-bond donors (Lipinski definition) is 5. The van der Waals surface area contributed by atoms with E-state index in [0.717, 1.165) is 5.56 Å². The maximum atomic E-state index is 9.95. The van der Waals surface area contributed by atoms with Crippen molar-refractivity contribution in [3.63, 3.8) is 0 Å². The molecule has 7 heteroatoms. The highest BCUT2D eigenvalue weighted by Gasteiger charge is 2.43. The summed E-state index contributed by atoms with van der Waals surface area (Å²) in [7, 11) is 1.56. The lowest BCUT2D eigenvalue weighted by atomic mass is 9.98. The lowest BCUT2D eigenvalue weighted by Crippen LogP contribution is -2.60. The molecule has 1 aromatic rings. The van der Waals surface area contributed by atoms with Crippen molar-refractivity contribution in [1.82, 2.24) is 0 Å². The first-order valence-corrected chi connectivity index (χ1v) is 6.69. The normalized spacial score (nSPS) is 32.8. The minimum absolute atomic E-state index is 0.458. The highest BCUT2D eigenvalue weighted by molar-refractivity contribution is 5.52. The molecule has 0 bridgehead atoms. The van der Waals surface area contributed by atoms with Crippen LogP contribution < -0.4 is 10.1 Å². The third-order valence-electron chi connectivity index (χ3n) is 3.61. The van der Waals surface area contributed by atoms with E-state index in [2.05, 4.69) is 5.32 Å². The molecule has 1 aliphatic heterocycles. The molecule has 0 amide bonds. The van der Waals surface area contributed by atoms with Gasteiger partial charge < -0.3 is 35.2 Å². The number of anilines is 1. The van der Waals surface area contributed by atoms with Crippen molar-refractivity contribution < 1.29 is 29.9 Å². The predicted molar refractivity (Wildman–Crippen MR) is 75.1 cm³/mol. The Morgan fingerprint density at radius 1 is 1.19 bits per heavy atom. The van der Waals surface area contributed by atoms with Gasteiger partial charge in [-0.05, 0) is 18.6 Å². The van der Waals surface area contributed by atoms with Crippen LogP contribution in [0, 0.1) is 6.92 Å². The fourth-order valence-electron chi connectivity index (χ4n) is 2.29. The fraction of sp³-hybridized carbons (Fsp3) is 0.571. The molecule has 7 nitrogen and oxygen atoms in total. The molecule has 1 heterocycles. The van der Waals surface area contributed by atoms with Gasteiger partial charge in [0.1, 0.15) is 30.2 Å². The Hall–Kier alpha value is -1.38. The van der Waals surface area contributed by atoms with E-state index in [-0.39, 0.29) is 0 Å². The number of methoxy groups -OCH3 is 1. The van der Waals surface area contributed by atoms with E-state index in [0.29, 0.717) is 11.4 Å². The first kappa shape index (κ1) is 16.0. The highest BCUT2D eigenvalue weighted by Crippen LogP contribution is 2.26. The summed E-state index contributed by atoms with van der Waals surface area (Å²) in [6.45, 7) is 1.44. The Morgan fingerprint density at radius 2 is 1.90 bits per heavy atom. The largest absolute Gasteiger partial charge is 0.496 e. The van der Waals surface area contributed by atoms with Gasteiger partial charge in [-0.25, -0.2) is 0 Å². The van der Waals surface area contributed by atoms with Crippen LogP contribution in [-0.4, -0.2) is 64.8 Å². The third kappa shape index (κ3) is 3.28. The molecule has 2 rings (SSSR count). The zero-order chi connectivity index (χ0) is 15.6. The van der Waals surface area contributed by atoms with Crippen molar-refractivity contribution in [3.05, 3.63) is 23.8 Å². The van der Waals surface area contributed by atoms with Crippen molar-refractivity contribution in [2.45, 2.75) is 37.6 Å². The number of aliphatic hydroxyl groups excluding tert-OH is 4. The summed E-state index contributed by atoms with van der Waals surface area (Å²) in [5, 5.41) is 41.5. The molecule has 5 N–H and O–H groups in total. The lowest BCUT2D eigenvalue weighted by Gasteiger charge is -2.40. The number of nitrogens with one attached hydrogen (secondary N) is 1. The molecule has 0 aromatic heterocycles. The Kier molecular flexibility index (Phi) is 5.02. The minimum Gasteiger partial charge on any atom is -0.496 e. The summed E-state index contributed by atoms with van der Waals surface area (Å²) in [5.74, 6) is 0.671. The number of hydrogen-bond acceptors (Lipinski definition) is 7. The molecule has 5 atom stereocenters. The molecule has 1 saturated heterocycles. The van der Waals surface area contributed by atoms with Crippen LogP contribution in [0.5, 0.6) is 5.75 Å². The summed E-state index contributed by atoms with van der Waals surface area (Å²) in [5.41, 5.74) is 1.58. The molecule has 0 spiro atoms. The van der Waals surface area contributed by atoms with Crippen LogP contribution in [0.3, 0.4) is 0 Å². The van der Waals surface area contributed by atoms with Crippen LogP contribution in [0.2, 0.25) is 0 Å². The van der Waals surface area contributed by atoms with Gasteiger partial charge >= 0.3 is 0 Å². The molecule has 0 radical (unpaired) electrons. The quantitative estimate of drug-likeness (QED) is 0.495. The van der Waals surface area contributed by atoms with Gasteiger partial charge in [0.25, 0.3) is 0 Å². The first-order chi connectivity index (χ1) is 9.97. The van der Waals surface area contributed by atoms with Gasteiger partial charge in [-0.1, -0.05) is 6.07 Å². The molecule has 0 unspecified atom stereocenters. The van der Waals surface area contributed by atoms with Crippen molar-refractivity contribution in [2.75, 3.05) is 19.0 Å². The van der Waals surface area contributed by atoms with E-state index in [4.69, 9.17) is 14.6 Å². The molecule has 118 valence electrons. The standard InChI is InChI=1S/C14H21NO6/c1-7-3-4-8(5-9(7)20-2)15-14-13(19)12(18)11(17)10(6-16)21-14/h3-5,10-19H,6H2,1-2H3/t10-,11-,12-,13+,14+/m1/s1. The average Bonchev–Trinajstić information content (AvgIpc) is 2.49. The van der Waals surface area contributed by atoms with E-state index in [1.807, 2.05) is 13.0 Å². The number of ether oxygens (including phenoxy) is 2. The van der Waals surface area contributed by atoms with Crippen LogP contribution in [0.1, 0.15) is 5.56 Å². The SMILES string of the molecule is COc1cc(N[C@H]2O[C@H](CO)[C@@H](O)[C@@H](O)[C@@H]2O)ccc1C. The molecular formula is C14H21NO6. The average molecular weight is 299 g/mol. The maximum Gasteiger partial charge on any atom is 0.157 e. The van der Waals surface area contributed by atoms with Gasteiger partial charge in [0.15, 0.2) is 6.23 Å². The summed E-state index contributed by atoms with van der Waals surface area (Å²) in [6, 6.07) is 5.35. The second kappa shape index (κ2) is 6.59. The van der Waals surface area contributed by atoms with Gasteiger partial charge in [-0.2, -0.15) is 0 Å². The van der Waals surface area contributed by atoms with Crippen molar-refractivity contribution in [2.24, 2.45) is 0 Å². The number of aryl methyl sites for hydroxylation is 1. The Morgan fingerprint density at radius 3 is 2.52 bits per heavy atom. The van der Waals surface area contributed by atoms with Crippen molar-refractivity contribution in [3.8, 4) is 5.75 Å². The first-order valence-electron chi connectivity index (χ1n) is 6.69. The zero-order valence-corrected chi connectivity index (χ0v) is 11.9. The number of benzene rings is 1. The Labute approximate surface area is 122 Å². The molecular weight excluding hydrogens is 278 g/mol. The van der Waals surface area contributed by atoms with Gasteiger partial charge in [-0.15, -0.1) is 0 Å². The van der Waals surface area contributed by atoms with E-state index in [1.54, 1.807) is 19.2 Å². The fourth-order valence-corrected chi connectivity index (χ4v) is 2.29. The van der Waals surface area contributed by atoms with Crippen molar-refractivity contribution >= 4 is 5.69 Å². The summed E-state index contributed by atoms with van der Waals surface area (Å²) in [6.07, 6.45) is -5.98. The van der Waals surface area contributed by atoms with Crippen LogP contribution >= 0.6 is 0 Å². The van der Waals surface area contributed by atoms with Crippen LogP contribution in [-0.2, 0) is 4.74 Å². The van der Waals surface area contributed by atoms with E-state index in [9.17, 15) is 15.3 Å². The second-order valence-corrected chi connectivity index (χ2v) is 5.08. The predicted octanol–water partition coefficient (Wildman–Crippen LogP) is -0.785.